The van der Waals surface area contributed by atoms with Crippen molar-refractivity contribution in [2.75, 3.05) is 12.3 Å². The second-order valence-corrected chi connectivity index (χ2v) is 3.85. The summed E-state index contributed by atoms with van der Waals surface area (Å²) in [6, 6.07) is 5.13. The summed E-state index contributed by atoms with van der Waals surface area (Å²) in [5.74, 6) is 0.591. The lowest BCUT2D eigenvalue weighted by Gasteiger charge is -2.11. The summed E-state index contributed by atoms with van der Waals surface area (Å²) < 4.78 is 7.11. The van der Waals surface area contributed by atoms with Gasteiger partial charge < -0.3 is 15.0 Å². The van der Waals surface area contributed by atoms with Gasteiger partial charge >= 0.3 is 0 Å². The highest BCUT2D eigenvalue weighted by Crippen LogP contribution is 2.28. The topological polar surface area (TPSA) is 70.1 Å². The molecule has 0 fully saturated rings. The van der Waals surface area contributed by atoms with Crippen LogP contribution in [0, 0.1) is 0 Å². The fourth-order valence-electron chi connectivity index (χ4n) is 1.74. The van der Waals surface area contributed by atoms with E-state index in [2.05, 4.69) is 4.98 Å². The predicted molar refractivity (Wildman–Crippen MR) is 68.7 cm³/mol. The molecule has 0 bridgehead atoms. The number of carbonyl (C=O) groups is 1. The van der Waals surface area contributed by atoms with Crippen LogP contribution in [0.4, 0.5) is 5.69 Å². The molecule has 94 valence electrons. The highest BCUT2D eigenvalue weighted by Gasteiger charge is 2.19. The van der Waals surface area contributed by atoms with E-state index in [-0.39, 0.29) is 5.78 Å². The monoisotopic (exact) mass is 245 g/mol. The van der Waals surface area contributed by atoms with Crippen LogP contribution in [0.25, 0.3) is 0 Å². The van der Waals surface area contributed by atoms with Gasteiger partial charge in [0.2, 0.25) is 5.78 Å². The number of aryl methyl sites for hydroxylation is 1. The van der Waals surface area contributed by atoms with Gasteiger partial charge in [-0.3, -0.25) is 4.79 Å². The molecule has 2 rings (SSSR count). The van der Waals surface area contributed by atoms with Gasteiger partial charge in [0, 0.05) is 19.4 Å². The fourth-order valence-corrected chi connectivity index (χ4v) is 1.74. The molecule has 18 heavy (non-hydrogen) atoms. The molecule has 1 heterocycles. The summed E-state index contributed by atoms with van der Waals surface area (Å²) in [5.41, 5.74) is 6.72. The van der Waals surface area contributed by atoms with E-state index >= 15 is 0 Å². The smallest absolute Gasteiger partial charge is 0.232 e. The number of nitrogens with zero attached hydrogens (tertiary/aromatic N) is 2. The van der Waals surface area contributed by atoms with Crippen LogP contribution < -0.4 is 10.5 Å². The quantitative estimate of drug-likeness (QED) is 0.656. The Hall–Kier alpha value is -2.30. The van der Waals surface area contributed by atoms with Gasteiger partial charge in [0.25, 0.3) is 0 Å². The van der Waals surface area contributed by atoms with Crippen molar-refractivity contribution < 1.29 is 9.53 Å². The molecular weight excluding hydrogens is 230 g/mol. The summed E-state index contributed by atoms with van der Waals surface area (Å²) in [7, 11) is 1.77. The van der Waals surface area contributed by atoms with Gasteiger partial charge in [-0.2, -0.15) is 0 Å². The summed E-state index contributed by atoms with van der Waals surface area (Å²) >= 11 is 0. The summed E-state index contributed by atoms with van der Waals surface area (Å²) in [4.78, 5) is 16.4. The molecule has 0 unspecified atom stereocenters. The minimum Gasteiger partial charge on any atom is -0.491 e. The lowest BCUT2D eigenvalue weighted by atomic mass is 10.1. The molecule has 0 saturated heterocycles. The minimum atomic E-state index is -0.196. The van der Waals surface area contributed by atoms with Crippen molar-refractivity contribution in [3.8, 4) is 5.75 Å². The van der Waals surface area contributed by atoms with Crippen molar-refractivity contribution >= 4 is 11.5 Å². The minimum absolute atomic E-state index is 0.196. The maximum atomic E-state index is 12.4. The SMILES string of the molecule is CCOc1c(N)cccc1C(=O)c1nccn1C. The van der Waals surface area contributed by atoms with Crippen LogP contribution in [0.15, 0.2) is 30.6 Å². The molecule has 0 radical (unpaired) electrons. The molecule has 0 spiro atoms. The van der Waals surface area contributed by atoms with E-state index in [4.69, 9.17) is 10.5 Å². The molecule has 0 aliphatic carbocycles. The number of aromatic nitrogens is 2. The zero-order valence-corrected chi connectivity index (χ0v) is 10.4. The molecule has 0 amide bonds. The van der Waals surface area contributed by atoms with Crippen LogP contribution in [-0.4, -0.2) is 21.9 Å². The van der Waals surface area contributed by atoms with Crippen molar-refractivity contribution in [2.24, 2.45) is 7.05 Å². The largest absolute Gasteiger partial charge is 0.491 e. The lowest BCUT2D eigenvalue weighted by molar-refractivity contribution is 0.102. The maximum Gasteiger partial charge on any atom is 0.232 e. The second-order valence-electron chi connectivity index (χ2n) is 3.85. The van der Waals surface area contributed by atoms with E-state index in [9.17, 15) is 4.79 Å². The number of nitrogens with two attached hydrogens (primary N) is 1. The third-order valence-corrected chi connectivity index (χ3v) is 2.60. The Morgan fingerprint density at radius 3 is 2.89 bits per heavy atom. The molecule has 5 heteroatoms. The average molecular weight is 245 g/mol. The van der Waals surface area contributed by atoms with Gasteiger partial charge in [-0.1, -0.05) is 6.07 Å². The number of ether oxygens (including phenoxy) is 1. The number of hydrogen-bond acceptors (Lipinski definition) is 4. The normalized spacial score (nSPS) is 10.3. The molecule has 0 aliphatic heterocycles. The number of anilines is 1. The molecule has 0 saturated carbocycles. The molecule has 0 aliphatic rings. The first-order chi connectivity index (χ1) is 8.65. The Morgan fingerprint density at radius 1 is 1.50 bits per heavy atom. The first-order valence-electron chi connectivity index (χ1n) is 5.68. The first-order valence-corrected chi connectivity index (χ1v) is 5.68. The highest BCUT2D eigenvalue weighted by molar-refractivity contribution is 6.09. The van der Waals surface area contributed by atoms with Gasteiger partial charge in [-0.25, -0.2) is 4.98 Å². The zero-order valence-electron chi connectivity index (χ0n) is 10.4. The maximum absolute atomic E-state index is 12.4. The van der Waals surface area contributed by atoms with E-state index < -0.39 is 0 Å². The molecule has 0 atom stereocenters. The zero-order chi connectivity index (χ0) is 13.1. The van der Waals surface area contributed by atoms with E-state index in [1.165, 1.54) is 0 Å². The average Bonchev–Trinajstić information content (AvgIpc) is 2.77. The van der Waals surface area contributed by atoms with Gasteiger partial charge in [-0.15, -0.1) is 0 Å². The molecule has 1 aromatic carbocycles. The van der Waals surface area contributed by atoms with Crippen LogP contribution >= 0.6 is 0 Å². The van der Waals surface area contributed by atoms with Crippen molar-refractivity contribution in [3.63, 3.8) is 0 Å². The van der Waals surface area contributed by atoms with Crippen LogP contribution in [0.5, 0.6) is 5.75 Å². The van der Waals surface area contributed by atoms with Crippen molar-refractivity contribution in [1.29, 1.82) is 0 Å². The number of hydrogen-bond donors (Lipinski definition) is 1. The van der Waals surface area contributed by atoms with Crippen LogP contribution in [-0.2, 0) is 7.05 Å². The predicted octanol–water partition coefficient (Wildman–Crippen LogP) is 1.63. The van der Waals surface area contributed by atoms with Gasteiger partial charge in [-0.05, 0) is 19.1 Å². The number of nitrogen functional groups attached to an aromatic ring is 1. The van der Waals surface area contributed by atoms with Crippen LogP contribution in [0.1, 0.15) is 23.1 Å². The molecule has 5 nitrogen and oxygen atoms in total. The Morgan fingerprint density at radius 2 is 2.28 bits per heavy atom. The molecule has 2 aromatic rings. The number of para-hydroxylation sites is 1. The van der Waals surface area contributed by atoms with E-state index in [0.29, 0.717) is 29.4 Å². The van der Waals surface area contributed by atoms with E-state index in [0.717, 1.165) is 0 Å². The molecule has 1 aromatic heterocycles. The van der Waals surface area contributed by atoms with Crippen LogP contribution in [0.2, 0.25) is 0 Å². The Balaban J connectivity index is 2.48. The van der Waals surface area contributed by atoms with Crippen molar-refractivity contribution in [2.45, 2.75) is 6.92 Å². The van der Waals surface area contributed by atoms with Crippen LogP contribution in [0.3, 0.4) is 0 Å². The number of carbonyl (C=O) groups excluding carboxylic acids is 1. The standard InChI is InChI=1S/C13H15N3O2/c1-3-18-12-9(5-4-6-10(12)14)11(17)13-15-7-8-16(13)2/h4-8H,3,14H2,1-2H3. The van der Waals surface area contributed by atoms with Gasteiger partial charge in [0.15, 0.2) is 11.6 Å². The number of imidazole rings is 1. The fraction of sp³-hybridized carbons (Fsp3) is 0.231. The van der Waals surface area contributed by atoms with Crippen molar-refractivity contribution in [3.05, 3.63) is 42.0 Å². The summed E-state index contributed by atoms with van der Waals surface area (Å²) in [5, 5.41) is 0. The third-order valence-electron chi connectivity index (χ3n) is 2.60. The summed E-state index contributed by atoms with van der Waals surface area (Å²) in [6.07, 6.45) is 3.31. The number of ketones is 1. The number of rotatable bonds is 4. The van der Waals surface area contributed by atoms with E-state index in [1.54, 1.807) is 42.2 Å². The van der Waals surface area contributed by atoms with Crippen molar-refractivity contribution in [1.82, 2.24) is 9.55 Å². The Kier molecular flexibility index (Phi) is 3.32. The third kappa shape index (κ3) is 2.07. The first kappa shape index (κ1) is 12.2. The van der Waals surface area contributed by atoms with Gasteiger partial charge in [0.1, 0.15) is 0 Å². The summed E-state index contributed by atoms with van der Waals surface area (Å²) in [6.45, 7) is 2.30. The second kappa shape index (κ2) is 4.91. The highest BCUT2D eigenvalue weighted by atomic mass is 16.5. The molecular formula is C13H15N3O2. The lowest BCUT2D eigenvalue weighted by Crippen LogP contribution is -2.11. The Labute approximate surface area is 105 Å². The molecule has 2 N–H and O–H groups in total. The van der Waals surface area contributed by atoms with Gasteiger partial charge in [0.05, 0.1) is 17.9 Å². The van der Waals surface area contributed by atoms with E-state index in [1.807, 2.05) is 6.92 Å². The Bertz CT molecular complexity index is 575. The number of benzene rings is 1.